The van der Waals surface area contributed by atoms with Crippen molar-refractivity contribution in [1.82, 2.24) is 14.6 Å². The van der Waals surface area contributed by atoms with Crippen molar-refractivity contribution in [2.24, 2.45) is 0 Å². The number of benzene rings is 2. The fraction of sp³-hybridized carbons (Fsp3) is 0.125. The number of hydrogen-bond acceptors (Lipinski definition) is 6. The molecule has 1 fully saturated rings. The molecule has 3 aromatic rings. The van der Waals surface area contributed by atoms with Crippen LogP contribution in [-0.2, 0) is 14.8 Å². The van der Waals surface area contributed by atoms with Crippen molar-refractivity contribution in [3.05, 3.63) is 85.1 Å². The lowest BCUT2D eigenvalue weighted by Gasteiger charge is -2.38. The van der Waals surface area contributed by atoms with Gasteiger partial charge in [0, 0.05) is 30.5 Å². The number of rotatable bonds is 7. The SMILES string of the molecule is C=CC(=O)N1CC(NS(=O)(=O)c2ccccc2-c2ccc(Nc3ccc(C#N)cn3)cc2)C1. The summed E-state index contributed by atoms with van der Waals surface area (Å²) in [4.78, 5) is 17.5. The van der Waals surface area contributed by atoms with Crippen LogP contribution in [0.4, 0.5) is 11.5 Å². The quantitative estimate of drug-likeness (QED) is 0.525. The lowest BCUT2D eigenvalue weighted by Crippen LogP contribution is -2.60. The Balaban J connectivity index is 1.50. The molecule has 166 valence electrons. The summed E-state index contributed by atoms with van der Waals surface area (Å²) in [5.41, 5.74) is 2.57. The van der Waals surface area contributed by atoms with Crippen molar-refractivity contribution in [3.8, 4) is 17.2 Å². The lowest BCUT2D eigenvalue weighted by molar-refractivity contribution is -0.130. The Morgan fingerprint density at radius 3 is 2.48 bits per heavy atom. The summed E-state index contributed by atoms with van der Waals surface area (Å²) in [5.74, 6) is 0.383. The molecule has 0 radical (unpaired) electrons. The second kappa shape index (κ2) is 9.24. The van der Waals surface area contributed by atoms with Gasteiger partial charge in [0.25, 0.3) is 0 Å². The molecule has 1 aliphatic rings. The Kier molecular flexibility index (Phi) is 6.22. The number of likely N-dealkylation sites (tertiary alicyclic amines) is 1. The van der Waals surface area contributed by atoms with Crippen molar-refractivity contribution < 1.29 is 13.2 Å². The summed E-state index contributed by atoms with van der Waals surface area (Å²) < 4.78 is 28.8. The van der Waals surface area contributed by atoms with Gasteiger partial charge in [0.1, 0.15) is 11.9 Å². The van der Waals surface area contributed by atoms with Crippen LogP contribution in [0, 0.1) is 11.3 Å². The van der Waals surface area contributed by atoms with Gasteiger partial charge in [-0.3, -0.25) is 4.79 Å². The molecule has 1 aromatic heterocycles. The Hall–Kier alpha value is -4.00. The van der Waals surface area contributed by atoms with Crippen LogP contribution in [-0.4, -0.2) is 43.3 Å². The molecule has 4 rings (SSSR count). The van der Waals surface area contributed by atoms with E-state index in [4.69, 9.17) is 5.26 Å². The molecule has 0 unspecified atom stereocenters. The van der Waals surface area contributed by atoms with Crippen molar-refractivity contribution >= 4 is 27.4 Å². The van der Waals surface area contributed by atoms with E-state index in [9.17, 15) is 13.2 Å². The number of nitriles is 1. The average molecular weight is 460 g/mol. The number of pyridine rings is 1. The molecular formula is C24H21N5O3S. The minimum Gasteiger partial charge on any atom is -0.340 e. The zero-order valence-electron chi connectivity index (χ0n) is 17.6. The Morgan fingerprint density at radius 1 is 1.12 bits per heavy atom. The summed E-state index contributed by atoms with van der Waals surface area (Å²) in [6.07, 6.45) is 2.70. The van der Waals surface area contributed by atoms with Crippen LogP contribution in [0.1, 0.15) is 5.56 Å². The van der Waals surface area contributed by atoms with Gasteiger partial charge in [-0.05, 0) is 42.0 Å². The molecule has 2 heterocycles. The van der Waals surface area contributed by atoms with Crippen LogP contribution in [0.3, 0.4) is 0 Å². The van der Waals surface area contributed by atoms with Crippen LogP contribution in [0.15, 0.2) is 84.4 Å². The summed E-state index contributed by atoms with van der Waals surface area (Å²) >= 11 is 0. The highest BCUT2D eigenvalue weighted by Crippen LogP contribution is 2.29. The molecule has 33 heavy (non-hydrogen) atoms. The van der Waals surface area contributed by atoms with Gasteiger partial charge in [-0.15, -0.1) is 0 Å². The molecule has 9 heteroatoms. The van der Waals surface area contributed by atoms with E-state index in [0.717, 1.165) is 11.3 Å². The lowest BCUT2D eigenvalue weighted by atomic mass is 10.1. The molecule has 0 bridgehead atoms. The zero-order valence-corrected chi connectivity index (χ0v) is 18.4. The summed E-state index contributed by atoms with van der Waals surface area (Å²) in [6.45, 7) is 4.07. The van der Waals surface area contributed by atoms with E-state index in [1.54, 1.807) is 36.4 Å². The standard InChI is InChI=1S/C24H21N5O3S/c1-2-24(30)29-15-20(16-29)28-33(31,32)22-6-4-3-5-21(22)18-8-10-19(11-9-18)27-23-12-7-17(13-25)14-26-23/h2-12,14,20,28H,1,15-16H2,(H,26,27). The van der Waals surface area contributed by atoms with E-state index in [1.807, 2.05) is 30.3 Å². The largest absolute Gasteiger partial charge is 0.340 e. The number of sulfonamides is 1. The predicted molar refractivity (Wildman–Crippen MR) is 125 cm³/mol. The van der Waals surface area contributed by atoms with Crippen LogP contribution in [0.25, 0.3) is 11.1 Å². The number of nitrogens with zero attached hydrogens (tertiary/aromatic N) is 3. The van der Waals surface area contributed by atoms with Crippen LogP contribution >= 0.6 is 0 Å². The molecule has 2 aromatic carbocycles. The number of amides is 1. The monoisotopic (exact) mass is 459 g/mol. The van der Waals surface area contributed by atoms with Crippen molar-refractivity contribution in [1.29, 1.82) is 5.26 Å². The number of aromatic nitrogens is 1. The van der Waals surface area contributed by atoms with Crippen LogP contribution in [0.5, 0.6) is 0 Å². The molecule has 1 aliphatic heterocycles. The first-order valence-electron chi connectivity index (χ1n) is 10.2. The first kappa shape index (κ1) is 22.2. The number of carbonyl (C=O) groups is 1. The Morgan fingerprint density at radius 2 is 1.85 bits per heavy atom. The van der Waals surface area contributed by atoms with E-state index >= 15 is 0 Å². The molecule has 0 spiro atoms. The Labute approximate surface area is 192 Å². The first-order valence-corrected chi connectivity index (χ1v) is 11.6. The summed E-state index contributed by atoms with van der Waals surface area (Å²) in [7, 11) is -3.79. The number of hydrogen-bond donors (Lipinski definition) is 2. The zero-order chi connectivity index (χ0) is 23.4. The van der Waals surface area contributed by atoms with E-state index in [-0.39, 0.29) is 16.8 Å². The van der Waals surface area contributed by atoms with Crippen LogP contribution < -0.4 is 10.0 Å². The maximum absolute atomic E-state index is 13.1. The fourth-order valence-electron chi connectivity index (χ4n) is 3.50. The van der Waals surface area contributed by atoms with Crippen molar-refractivity contribution in [2.45, 2.75) is 10.9 Å². The third-order valence-corrected chi connectivity index (χ3v) is 6.81. The molecule has 0 saturated carbocycles. The van der Waals surface area contributed by atoms with E-state index in [2.05, 4.69) is 21.6 Å². The summed E-state index contributed by atoms with van der Waals surface area (Å²) in [6, 6.07) is 19.2. The molecule has 8 nitrogen and oxygen atoms in total. The smallest absolute Gasteiger partial charge is 0.246 e. The normalized spacial score (nSPS) is 13.6. The topological polar surface area (TPSA) is 115 Å². The average Bonchev–Trinajstić information content (AvgIpc) is 2.82. The van der Waals surface area contributed by atoms with Gasteiger partial charge in [-0.25, -0.2) is 18.1 Å². The molecule has 0 aliphatic carbocycles. The van der Waals surface area contributed by atoms with Gasteiger partial charge in [0.05, 0.1) is 16.5 Å². The fourth-order valence-corrected chi connectivity index (χ4v) is 4.95. The van der Waals surface area contributed by atoms with Gasteiger partial charge in [0.2, 0.25) is 15.9 Å². The van der Waals surface area contributed by atoms with Gasteiger partial charge in [-0.2, -0.15) is 5.26 Å². The molecule has 0 atom stereocenters. The maximum atomic E-state index is 13.1. The second-order valence-electron chi connectivity index (χ2n) is 7.51. The van der Waals surface area contributed by atoms with Crippen LogP contribution in [0.2, 0.25) is 0 Å². The van der Waals surface area contributed by atoms with Gasteiger partial charge in [-0.1, -0.05) is 36.9 Å². The maximum Gasteiger partial charge on any atom is 0.246 e. The number of nitrogens with one attached hydrogen (secondary N) is 2. The molecule has 1 amide bonds. The highest BCUT2D eigenvalue weighted by Gasteiger charge is 2.33. The van der Waals surface area contributed by atoms with Gasteiger partial charge < -0.3 is 10.2 Å². The second-order valence-corrected chi connectivity index (χ2v) is 9.19. The minimum absolute atomic E-state index is 0.174. The molecule has 2 N–H and O–H groups in total. The minimum atomic E-state index is -3.79. The Bertz CT molecular complexity index is 1320. The predicted octanol–water partition coefficient (Wildman–Crippen LogP) is 3.04. The molecular weight excluding hydrogens is 438 g/mol. The van der Waals surface area contributed by atoms with Crippen molar-refractivity contribution in [2.75, 3.05) is 18.4 Å². The highest BCUT2D eigenvalue weighted by atomic mass is 32.2. The number of anilines is 2. The van der Waals surface area contributed by atoms with Gasteiger partial charge >= 0.3 is 0 Å². The van der Waals surface area contributed by atoms with E-state index < -0.39 is 10.0 Å². The first-order chi connectivity index (χ1) is 15.9. The van der Waals surface area contributed by atoms with Crippen molar-refractivity contribution in [3.63, 3.8) is 0 Å². The molecule has 1 saturated heterocycles. The number of carbonyl (C=O) groups excluding carboxylic acids is 1. The summed E-state index contributed by atoms with van der Waals surface area (Å²) in [5, 5.41) is 12.0. The highest BCUT2D eigenvalue weighted by molar-refractivity contribution is 7.89. The van der Waals surface area contributed by atoms with E-state index in [0.29, 0.717) is 30.0 Å². The third-order valence-electron chi connectivity index (χ3n) is 5.23. The third kappa shape index (κ3) is 4.92. The van der Waals surface area contributed by atoms with E-state index in [1.165, 1.54) is 17.2 Å². The van der Waals surface area contributed by atoms with Gasteiger partial charge in [0.15, 0.2) is 0 Å².